The summed E-state index contributed by atoms with van der Waals surface area (Å²) in [5.41, 5.74) is -0.300. The van der Waals surface area contributed by atoms with E-state index < -0.39 is 4.92 Å². The van der Waals surface area contributed by atoms with Gasteiger partial charge < -0.3 is 0 Å². The van der Waals surface area contributed by atoms with Crippen LogP contribution in [0.5, 0.6) is 0 Å². The number of pyridine rings is 1. The fourth-order valence-corrected chi connectivity index (χ4v) is 1.66. The lowest BCUT2D eigenvalue weighted by molar-refractivity contribution is -0.384. The van der Waals surface area contributed by atoms with E-state index in [2.05, 4.69) is 4.98 Å². The zero-order valence-electron chi connectivity index (χ0n) is 9.00. The molecule has 0 saturated carbocycles. The molecule has 88 valence electrons. The van der Waals surface area contributed by atoms with Crippen molar-refractivity contribution in [1.82, 2.24) is 4.98 Å². The lowest BCUT2D eigenvalue weighted by Crippen LogP contribution is -2.31. The average molecular weight is 234 g/mol. The molecule has 0 amide bonds. The van der Waals surface area contributed by atoms with Gasteiger partial charge in [-0.05, 0) is 18.9 Å². The average Bonchev–Trinajstić information content (AvgIpc) is 2.38. The molecule has 2 heterocycles. The van der Waals surface area contributed by atoms with Gasteiger partial charge in [-0.1, -0.05) is 0 Å². The highest BCUT2D eigenvalue weighted by Crippen LogP contribution is 2.30. The maximum Gasteiger partial charge on any atom is 0.331 e. The van der Waals surface area contributed by atoms with Crippen molar-refractivity contribution in [1.29, 1.82) is 5.26 Å². The van der Waals surface area contributed by atoms with Crippen molar-refractivity contribution in [3.05, 3.63) is 27.9 Å². The first-order valence-corrected chi connectivity index (χ1v) is 5.18. The minimum absolute atomic E-state index is 0.00539. The maximum atomic E-state index is 11.0. The Labute approximate surface area is 97.3 Å². The van der Waals surface area contributed by atoms with Crippen molar-refractivity contribution >= 4 is 11.5 Å². The molecular weight excluding hydrogens is 224 g/mol. The van der Waals surface area contributed by atoms with E-state index in [1.165, 1.54) is 17.3 Å². The van der Waals surface area contributed by atoms with Crippen LogP contribution < -0.4 is 5.06 Å². The highest BCUT2D eigenvalue weighted by Gasteiger charge is 2.27. The van der Waals surface area contributed by atoms with Gasteiger partial charge in [-0.15, -0.1) is 0 Å². The van der Waals surface area contributed by atoms with Crippen molar-refractivity contribution in [3.8, 4) is 6.07 Å². The smallest absolute Gasteiger partial charge is 0.272 e. The Bertz CT molecular complexity index is 477. The third kappa shape index (κ3) is 2.16. The van der Waals surface area contributed by atoms with Gasteiger partial charge in [0.1, 0.15) is 11.6 Å². The van der Waals surface area contributed by atoms with E-state index >= 15 is 0 Å². The van der Waals surface area contributed by atoms with E-state index in [4.69, 9.17) is 10.1 Å². The molecule has 1 fully saturated rings. The summed E-state index contributed by atoms with van der Waals surface area (Å²) in [6.45, 7) is 1.05. The van der Waals surface area contributed by atoms with E-state index in [-0.39, 0.29) is 17.1 Å². The van der Waals surface area contributed by atoms with Gasteiger partial charge in [0, 0.05) is 12.7 Å². The highest BCUT2D eigenvalue weighted by atomic mass is 16.7. The Balaban J connectivity index is 2.45. The summed E-state index contributed by atoms with van der Waals surface area (Å²) in [5.74, 6) is 0.105. The van der Waals surface area contributed by atoms with Gasteiger partial charge in [-0.25, -0.2) is 10.0 Å². The Kier molecular flexibility index (Phi) is 3.16. The summed E-state index contributed by atoms with van der Waals surface area (Å²) in [6.07, 6.45) is 3.18. The molecule has 17 heavy (non-hydrogen) atoms. The number of hydroxylamine groups is 1. The van der Waals surface area contributed by atoms with Gasteiger partial charge in [0.05, 0.1) is 11.5 Å². The van der Waals surface area contributed by atoms with Crippen LogP contribution in [-0.2, 0) is 4.84 Å². The number of anilines is 1. The van der Waals surface area contributed by atoms with Gasteiger partial charge >= 0.3 is 5.69 Å². The second-order valence-corrected chi connectivity index (χ2v) is 3.54. The fraction of sp³-hybridized carbons (Fsp3) is 0.400. The Hall–Kier alpha value is -2.20. The normalized spacial score (nSPS) is 15.4. The number of nitriles is 1. The van der Waals surface area contributed by atoms with Crippen LogP contribution in [0.15, 0.2) is 12.3 Å². The molecule has 1 aromatic heterocycles. The number of nitro groups is 1. The molecular formula is C10H10N4O3. The van der Waals surface area contributed by atoms with E-state index in [1.807, 2.05) is 0 Å². The molecule has 1 saturated heterocycles. The van der Waals surface area contributed by atoms with Crippen molar-refractivity contribution in [3.63, 3.8) is 0 Å². The van der Waals surface area contributed by atoms with Gasteiger partial charge in [-0.2, -0.15) is 5.26 Å². The molecule has 1 aromatic rings. The zero-order chi connectivity index (χ0) is 12.3. The molecule has 7 nitrogen and oxygen atoms in total. The van der Waals surface area contributed by atoms with E-state index in [0.29, 0.717) is 13.2 Å². The Morgan fingerprint density at radius 2 is 2.41 bits per heavy atom. The predicted molar refractivity (Wildman–Crippen MR) is 58.1 cm³/mol. The summed E-state index contributed by atoms with van der Waals surface area (Å²) in [5, 5.41) is 21.2. The monoisotopic (exact) mass is 234 g/mol. The van der Waals surface area contributed by atoms with E-state index in [1.54, 1.807) is 6.07 Å². The molecule has 0 aliphatic carbocycles. The number of hydrogen-bond acceptors (Lipinski definition) is 6. The summed E-state index contributed by atoms with van der Waals surface area (Å²) in [4.78, 5) is 19.6. The first-order chi connectivity index (χ1) is 8.24. The molecule has 0 radical (unpaired) electrons. The molecule has 7 heteroatoms. The lowest BCUT2D eigenvalue weighted by Gasteiger charge is -2.26. The molecule has 0 aromatic carbocycles. The minimum atomic E-state index is -0.598. The highest BCUT2D eigenvalue weighted by molar-refractivity contribution is 5.64. The largest absolute Gasteiger partial charge is 0.331 e. The van der Waals surface area contributed by atoms with Crippen molar-refractivity contribution in [2.75, 3.05) is 18.2 Å². The Morgan fingerprint density at radius 1 is 1.59 bits per heavy atom. The van der Waals surface area contributed by atoms with Crippen LogP contribution in [0, 0.1) is 21.4 Å². The third-order valence-corrected chi connectivity index (χ3v) is 2.45. The summed E-state index contributed by atoms with van der Waals surface area (Å²) in [7, 11) is 0. The predicted octanol–water partition coefficient (Wildman–Crippen LogP) is 1.39. The SMILES string of the molecule is N#Cc1ccnc(N2CCCCO2)c1[N+](=O)[O-]. The standard InChI is InChI=1S/C10H10N4O3/c11-7-8-3-4-12-10(9(8)14(15)16)13-5-1-2-6-17-13/h3-4H,1-2,5-6H2. The van der Waals surface area contributed by atoms with Crippen LogP contribution in [-0.4, -0.2) is 23.1 Å². The van der Waals surface area contributed by atoms with Crippen LogP contribution in [0.4, 0.5) is 11.5 Å². The van der Waals surface area contributed by atoms with Crippen LogP contribution >= 0.6 is 0 Å². The third-order valence-electron chi connectivity index (χ3n) is 2.45. The van der Waals surface area contributed by atoms with Crippen molar-refractivity contribution < 1.29 is 9.76 Å². The quantitative estimate of drug-likeness (QED) is 0.567. The fourth-order valence-electron chi connectivity index (χ4n) is 1.66. The minimum Gasteiger partial charge on any atom is -0.272 e. The van der Waals surface area contributed by atoms with Crippen molar-refractivity contribution in [2.45, 2.75) is 12.8 Å². The van der Waals surface area contributed by atoms with Gasteiger partial charge in [-0.3, -0.25) is 15.0 Å². The van der Waals surface area contributed by atoms with Crippen molar-refractivity contribution in [2.24, 2.45) is 0 Å². The lowest BCUT2D eigenvalue weighted by atomic mass is 10.2. The van der Waals surface area contributed by atoms with E-state index in [9.17, 15) is 10.1 Å². The van der Waals surface area contributed by atoms with Gasteiger partial charge in [0.15, 0.2) is 0 Å². The Morgan fingerprint density at radius 3 is 3.00 bits per heavy atom. The second kappa shape index (κ2) is 4.76. The molecule has 2 rings (SSSR count). The molecule has 1 aliphatic rings. The number of nitrogens with zero attached hydrogens (tertiary/aromatic N) is 4. The number of rotatable bonds is 2. The summed E-state index contributed by atoms with van der Waals surface area (Å²) in [6, 6.07) is 3.12. The molecule has 0 N–H and O–H groups in total. The van der Waals surface area contributed by atoms with Crippen LogP contribution in [0.25, 0.3) is 0 Å². The maximum absolute atomic E-state index is 11.0. The molecule has 0 spiro atoms. The topological polar surface area (TPSA) is 92.3 Å². The number of aromatic nitrogens is 1. The second-order valence-electron chi connectivity index (χ2n) is 3.54. The molecule has 0 atom stereocenters. The first kappa shape index (κ1) is 11.3. The van der Waals surface area contributed by atoms with Crippen LogP contribution in [0.3, 0.4) is 0 Å². The number of hydrogen-bond donors (Lipinski definition) is 0. The van der Waals surface area contributed by atoms with Crippen LogP contribution in [0.2, 0.25) is 0 Å². The molecule has 0 bridgehead atoms. The van der Waals surface area contributed by atoms with Crippen LogP contribution in [0.1, 0.15) is 18.4 Å². The molecule has 0 unspecified atom stereocenters. The van der Waals surface area contributed by atoms with Gasteiger partial charge in [0.2, 0.25) is 5.82 Å². The first-order valence-electron chi connectivity index (χ1n) is 5.18. The molecule has 1 aliphatic heterocycles. The summed E-state index contributed by atoms with van der Waals surface area (Å²) >= 11 is 0. The van der Waals surface area contributed by atoms with E-state index in [0.717, 1.165) is 12.8 Å². The van der Waals surface area contributed by atoms with Gasteiger partial charge in [0.25, 0.3) is 0 Å². The zero-order valence-corrected chi connectivity index (χ0v) is 9.00. The summed E-state index contributed by atoms with van der Waals surface area (Å²) < 4.78 is 0.